The molecule has 104 valence electrons. The van der Waals surface area contributed by atoms with Crippen LogP contribution in [-0.4, -0.2) is 16.0 Å². The fraction of sp³-hybridized carbons (Fsp3) is 0. The molecule has 0 bridgehead atoms. The lowest BCUT2D eigenvalue weighted by Gasteiger charge is -2.09. The molecule has 5 nitrogen and oxygen atoms in total. The van der Waals surface area contributed by atoms with Crippen LogP contribution in [0.2, 0.25) is 0 Å². The topological polar surface area (TPSA) is 88.2 Å². The smallest absolute Gasteiger partial charge is 0.257 e. The monoisotopic (exact) mass is 279 g/mol. The number of para-hydroxylation sites is 1. The summed E-state index contributed by atoms with van der Waals surface area (Å²) in [5.41, 5.74) is 7.63. The van der Waals surface area contributed by atoms with E-state index in [0.717, 1.165) is 5.39 Å². The summed E-state index contributed by atoms with van der Waals surface area (Å²) in [5.74, 6) is -0.242. The molecule has 0 aliphatic rings. The van der Waals surface area contributed by atoms with Crippen molar-refractivity contribution in [2.75, 3.05) is 11.1 Å². The lowest BCUT2D eigenvalue weighted by Crippen LogP contribution is -2.14. The number of carbonyl (C=O) groups is 1. The average Bonchev–Trinajstić information content (AvgIpc) is 2.49. The fourth-order valence-corrected chi connectivity index (χ4v) is 2.14. The maximum atomic E-state index is 12.4. The van der Waals surface area contributed by atoms with Gasteiger partial charge in [0.15, 0.2) is 0 Å². The molecule has 1 amide bonds. The van der Waals surface area contributed by atoms with E-state index in [-0.39, 0.29) is 11.7 Å². The quantitative estimate of drug-likeness (QED) is 0.497. The van der Waals surface area contributed by atoms with E-state index >= 15 is 0 Å². The number of aromatic hydroxyl groups is 1. The number of phenols is 1. The standard InChI is InChI=1S/C16H13N3O2/c17-13-9-11(20)6-7-14(13)19-16(21)12-5-1-3-10-4-2-8-18-15(10)12/h1-9,20H,17H2,(H,19,21). The highest BCUT2D eigenvalue weighted by Gasteiger charge is 2.12. The number of hydrogen-bond donors (Lipinski definition) is 3. The van der Waals surface area contributed by atoms with Crippen molar-refractivity contribution < 1.29 is 9.90 Å². The first-order chi connectivity index (χ1) is 10.1. The van der Waals surface area contributed by atoms with Crippen LogP contribution in [0.25, 0.3) is 10.9 Å². The summed E-state index contributed by atoms with van der Waals surface area (Å²) in [5, 5.41) is 13.0. The second kappa shape index (κ2) is 5.13. The first-order valence-electron chi connectivity index (χ1n) is 6.39. The summed E-state index contributed by atoms with van der Waals surface area (Å²) in [6.45, 7) is 0. The lowest BCUT2D eigenvalue weighted by atomic mass is 10.1. The van der Waals surface area contributed by atoms with E-state index < -0.39 is 0 Å². The normalized spacial score (nSPS) is 10.5. The summed E-state index contributed by atoms with van der Waals surface area (Å²) in [7, 11) is 0. The van der Waals surface area contributed by atoms with Crippen LogP contribution in [0.4, 0.5) is 11.4 Å². The van der Waals surface area contributed by atoms with Crippen molar-refractivity contribution in [3.05, 3.63) is 60.3 Å². The van der Waals surface area contributed by atoms with E-state index in [0.29, 0.717) is 22.5 Å². The molecule has 0 aliphatic heterocycles. The lowest BCUT2D eigenvalue weighted by molar-refractivity contribution is 0.102. The summed E-state index contributed by atoms with van der Waals surface area (Å²) in [4.78, 5) is 16.6. The Hall–Kier alpha value is -3.08. The van der Waals surface area contributed by atoms with Gasteiger partial charge in [0, 0.05) is 17.6 Å². The number of pyridine rings is 1. The van der Waals surface area contributed by atoms with Gasteiger partial charge < -0.3 is 16.2 Å². The maximum Gasteiger partial charge on any atom is 0.257 e. The summed E-state index contributed by atoms with van der Waals surface area (Å²) in [6.07, 6.45) is 1.65. The van der Waals surface area contributed by atoms with Crippen molar-refractivity contribution in [2.45, 2.75) is 0 Å². The SMILES string of the molecule is Nc1cc(O)ccc1NC(=O)c1cccc2cccnc12. The van der Waals surface area contributed by atoms with Crippen molar-refractivity contribution in [1.82, 2.24) is 4.98 Å². The van der Waals surface area contributed by atoms with E-state index in [1.54, 1.807) is 24.4 Å². The van der Waals surface area contributed by atoms with Crippen molar-refractivity contribution in [1.29, 1.82) is 0 Å². The Morgan fingerprint density at radius 1 is 1.14 bits per heavy atom. The molecule has 21 heavy (non-hydrogen) atoms. The molecule has 0 aliphatic carbocycles. The van der Waals surface area contributed by atoms with Crippen molar-refractivity contribution in [3.8, 4) is 5.75 Å². The number of carbonyl (C=O) groups excluding carboxylic acids is 1. The van der Waals surface area contributed by atoms with Crippen molar-refractivity contribution in [2.24, 2.45) is 0 Å². The third-order valence-electron chi connectivity index (χ3n) is 3.16. The number of rotatable bonds is 2. The molecule has 0 spiro atoms. The number of phenolic OH excluding ortho intramolecular Hbond substituents is 1. The van der Waals surface area contributed by atoms with Gasteiger partial charge in [-0.2, -0.15) is 0 Å². The predicted octanol–water partition coefficient (Wildman–Crippen LogP) is 2.77. The Kier molecular flexibility index (Phi) is 3.16. The van der Waals surface area contributed by atoms with Crippen molar-refractivity contribution in [3.63, 3.8) is 0 Å². The minimum Gasteiger partial charge on any atom is -0.508 e. The molecule has 0 atom stereocenters. The predicted molar refractivity (Wildman–Crippen MR) is 82.2 cm³/mol. The second-order valence-electron chi connectivity index (χ2n) is 4.61. The van der Waals surface area contributed by atoms with Crippen LogP contribution >= 0.6 is 0 Å². The van der Waals surface area contributed by atoms with Gasteiger partial charge in [-0.25, -0.2) is 0 Å². The largest absolute Gasteiger partial charge is 0.508 e. The molecule has 4 N–H and O–H groups in total. The van der Waals surface area contributed by atoms with Gasteiger partial charge in [0.2, 0.25) is 0 Å². The highest BCUT2D eigenvalue weighted by atomic mass is 16.3. The van der Waals surface area contributed by atoms with Gasteiger partial charge in [0.05, 0.1) is 22.5 Å². The Balaban J connectivity index is 1.97. The number of amides is 1. The summed E-state index contributed by atoms with van der Waals surface area (Å²) < 4.78 is 0. The number of fused-ring (bicyclic) bond motifs is 1. The molecule has 0 radical (unpaired) electrons. The number of nitrogens with one attached hydrogen (secondary N) is 1. The van der Waals surface area contributed by atoms with E-state index in [4.69, 9.17) is 5.73 Å². The van der Waals surface area contributed by atoms with Gasteiger partial charge in [-0.1, -0.05) is 18.2 Å². The van der Waals surface area contributed by atoms with Crippen LogP contribution in [0.15, 0.2) is 54.7 Å². The van der Waals surface area contributed by atoms with Gasteiger partial charge in [0.25, 0.3) is 5.91 Å². The van der Waals surface area contributed by atoms with Crippen LogP contribution in [0.1, 0.15) is 10.4 Å². The second-order valence-corrected chi connectivity index (χ2v) is 4.61. The number of aromatic nitrogens is 1. The fourth-order valence-electron chi connectivity index (χ4n) is 2.14. The molecule has 0 unspecified atom stereocenters. The molecule has 3 rings (SSSR count). The zero-order chi connectivity index (χ0) is 14.8. The minimum absolute atomic E-state index is 0.0531. The zero-order valence-electron chi connectivity index (χ0n) is 11.1. The number of nitrogen functional groups attached to an aromatic ring is 1. The van der Waals surface area contributed by atoms with E-state index in [2.05, 4.69) is 10.3 Å². The number of hydrogen-bond acceptors (Lipinski definition) is 4. The maximum absolute atomic E-state index is 12.4. The third-order valence-corrected chi connectivity index (χ3v) is 3.16. The zero-order valence-corrected chi connectivity index (χ0v) is 11.1. The van der Waals surface area contributed by atoms with E-state index in [9.17, 15) is 9.90 Å². The van der Waals surface area contributed by atoms with E-state index in [1.165, 1.54) is 12.1 Å². The Morgan fingerprint density at radius 3 is 2.76 bits per heavy atom. The first kappa shape index (κ1) is 12.9. The van der Waals surface area contributed by atoms with Gasteiger partial charge in [0.1, 0.15) is 5.75 Å². The van der Waals surface area contributed by atoms with Crippen LogP contribution in [0.5, 0.6) is 5.75 Å². The number of nitrogens with zero attached hydrogens (tertiary/aromatic N) is 1. The molecule has 5 heteroatoms. The molecule has 1 aromatic heterocycles. The molecule has 0 saturated carbocycles. The first-order valence-corrected chi connectivity index (χ1v) is 6.39. The van der Waals surface area contributed by atoms with Crippen LogP contribution in [-0.2, 0) is 0 Å². The van der Waals surface area contributed by atoms with Gasteiger partial charge >= 0.3 is 0 Å². The molecule has 0 fully saturated rings. The summed E-state index contributed by atoms with van der Waals surface area (Å²) in [6, 6.07) is 13.5. The molecule has 3 aromatic rings. The van der Waals surface area contributed by atoms with Crippen molar-refractivity contribution >= 4 is 28.2 Å². The molecule has 0 saturated heterocycles. The number of benzene rings is 2. The third kappa shape index (κ3) is 2.49. The summed E-state index contributed by atoms with van der Waals surface area (Å²) >= 11 is 0. The van der Waals surface area contributed by atoms with Gasteiger partial charge in [-0.15, -0.1) is 0 Å². The van der Waals surface area contributed by atoms with Gasteiger partial charge in [-0.05, 0) is 24.3 Å². The number of nitrogens with two attached hydrogens (primary N) is 1. The Bertz CT molecular complexity index is 825. The van der Waals surface area contributed by atoms with Crippen LogP contribution < -0.4 is 11.1 Å². The molecule has 2 aromatic carbocycles. The molecular weight excluding hydrogens is 266 g/mol. The Morgan fingerprint density at radius 2 is 1.95 bits per heavy atom. The Labute approximate surface area is 121 Å². The highest BCUT2D eigenvalue weighted by molar-refractivity contribution is 6.12. The van der Waals surface area contributed by atoms with Gasteiger partial charge in [-0.3, -0.25) is 9.78 Å². The molecule has 1 heterocycles. The number of anilines is 2. The minimum atomic E-state index is -0.295. The average molecular weight is 279 g/mol. The van der Waals surface area contributed by atoms with Crippen LogP contribution in [0.3, 0.4) is 0 Å². The van der Waals surface area contributed by atoms with Crippen LogP contribution in [0, 0.1) is 0 Å². The van der Waals surface area contributed by atoms with E-state index in [1.807, 2.05) is 18.2 Å². The highest BCUT2D eigenvalue weighted by Crippen LogP contribution is 2.24. The molecular formula is C16H13N3O2.